The molecule has 0 fully saturated rings. The molecule has 1 nitrogen and oxygen atoms in total. The van der Waals surface area contributed by atoms with Crippen molar-refractivity contribution in [1.82, 2.24) is 0 Å². The third-order valence-corrected chi connectivity index (χ3v) is 2.85. The Morgan fingerprint density at radius 1 is 1.25 bits per heavy atom. The van der Waals surface area contributed by atoms with Gasteiger partial charge in [0.2, 0.25) is 0 Å². The average molecular weight is 213 g/mol. The molecule has 0 saturated carbocycles. The summed E-state index contributed by atoms with van der Waals surface area (Å²) in [6.07, 6.45) is 1.04. The van der Waals surface area contributed by atoms with Gasteiger partial charge in [0.25, 0.3) is 0 Å². The highest BCUT2D eigenvalue weighted by atomic mass is 14.7. The summed E-state index contributed by atoms with van der Waals surface area (Å²) in [7, 11) is 1.81. The normalized spacial score (nSPS) is 11.9. The standard InChI is InChI=1S/C15H19N/c1-5-15(2,3)14(16-4)12-11-13-9-7-6-8-10-13/h6-10H,5H2,1-4H3. The van der Waals surface area contributed by atoms with Gasteiger partial charge in [0, 0.05) is 18.0 Å². The Labute approximate surface area is 98.6 Å². The van der Waals surface area contributed by atoms with Gasteiger partial charge in [-0.15, -0.1) is 0 Å². The highest BCUT2D eigenvalue weighted by Crippen LogP contribution is 2.21. The van der Waals surface area contributed by atoms with E-state index in [1.54, 1.807) is 0 Å². The molecule has 1 aromatic rings. The Morgan fingerprint density at radius 2 is 1.88 bits per heavy atom. The van der Waals surface area contributed by atoms with Crippen LogP contribution in [0.4, 0.5) is 0 Å². The summed E-state index contributed by atoms with van der Waals surface area (Å²) < 4.78 is 0. The van der Waals surface area contributed by atoms with Gasteiger partial charge in [-0.25, -0.2) is 0 Å². The predicted octanol–water partition coefficient (Wildman–Crippen LogP) is 3.55. The molecule has 0 atom stereocenters. The minimum absolute atomic E-state index is 0.0660. The molecule has 0 N–H and O–H groups in total. The largest absolute Gasteiger partial charge is 0.284 e. The Hall–Kier alpha value is -1.55. The summed E-state index contributed by atoms with van der Waals surface area (Å²) in [4.78, 5) is 4.29. The quantitative estimate of drug-likeness (QED) is 0.526. The first-order valence-electron chi connectivity index (χ1n) is 5.64. The second-order valence-corrected chi connectivity index (χ2v) is 4.43. The number of rotatable bonds is 2. The van der Waals surface area contributed by atoms with Crippen molar-refractivity contribution in [3.05, 3.63) is 35.9 Å². The number of hydrogen-bond acceptors (Lipinski definition) is 1. The molecule has 1 aromatic carbocycles. The third-order valence-electron chi connectivity index (χ3n) is 2.85. The van der Waals surface area contributed by atoms with Crippen LogP contribution in [0, 0.1) is 17.3 Å². The smallest absolute Gasteiger partial charge is 0.0900 e. The van der Waals surface area contributed by atoms with Crippen LogP contribution < -0.4 is 0 Å². The number of hydrogen-bond donors (Lipinski definition) is 0. The first-order valence-corrected chi connectivity index (χ1v) is 5.64. The van der Waals surface area contributed by atoms with Crippen molar-refractivity contribution in [3.8, 4) is 11.8 Å². The van der Waals surface area contributed by atoms with Crippen LogP contribution in [0.5, 0.6) is 0 Å². The van der Waals surface area contributed by atoms with Crippen molar-refractivity contribution in [2.75, 3.05) is 7.05 Å². The van der Waals surface area contributed by atoms with Crippen LogP contribution in [0.15, 0.2) is 35.3 Å². The molecule has 0 amide bonds. The fourth-order valence-corrected chi connectivity index (χ4v) is 1.35. The van der Waals surface area contributed by atoms with Gasteiger partial charge >= 0.3 is 0 Å². The van der Waals surface area contributed by atoms with Gasteiger partial charge in [-0.05, 0) is 24.5 Å². The average Bonchev–Trinajstić information content (AvgIpc) is 2.31. The first-order chi connectivity index (χ1) is 7.60. The zero-order valence-corrected chi connectivity index (χ0v) is 10.5. The fraction of sp³-hybridized carbons (Fsp3) is 0.400. The first kappa shape index (κ1) is 12.5. The highest BCUT2D eigenvalue weighted by molar-refractivity contribution is 6.04. The van der Waals surface area contributed by atoms with E-state index in [4.69, 9.17) is 0 Å². The lowest BCUT2D eigenvalue weighted by atomic mass is 9.84. The minimum Gasteiger partial charge on any atom is -0.284 e. The van der Waals surface area contributed by atoms with Crippen LogP contribution in [0.1, 0.15) is 32.8 Å². The molecular formula is C15H19N. The SMILES string of the molecule is CCC(C)(C)C(C#Cc1ccccc1)=NC. The molecule has 0 bridgehead atoms. The molecule has 0 unspecified atom stereocenters. The Bertz CT molecular complexity index is 416. The predicted molar refractivity (Wildman–Crippen MR) is 70.8 cm³/mol. The lowest BCUT2D eigenvalue weighted by molar-refractivity contribution is 0.506. The van der Waals surface area contributed by atoms with Crippen molar-refractivity contribution < 1.29 is 0 Å². The molecule has 0 radical (unpaired) electrons. The van der Waals surface area contributed by atoms with Crippen LogP contribution >= 0.6 is 0 Å². The van der Waals surface area contributed by atoms with E-state index in [-0.39, 0.29) is 5.41 Å². The van der Waals surface area contributed by atoms with Gasteiger partial charge in [-0.1, -0.05) is 44.9 Å². The van der Waals surface area contributed by atoms with E-state index in [1.807, 2.05) is 37.4 Å². The molecule has 0 heterocycles. The maximum Gasteiger partial charge on any atom is 0.0900 e. The second-order valence-electron chi connectivity index (χ2n) is 4.43. The van der Waals surface area contributed by atoms with E-state index in [1.165, 1.54) is 0 Å². The maximum atomic E-state index is 4.29. The summed E-state index contributed by atoms with van der Waals surface area (Å²) in [5.74, 6) is 6.33. The molecule has 0 spiro atoms. The Balaban J connectivity index is 2.93. The van der Waals surface area contributed by atoms with Crippen LogP contribution in [0.3, 0.4) is 0 Å². The minimum atomic E-state index is 0.0660. The van der Waals surface area contributed by atoms with Crippen molar-refractivity contribution in [2.24, 2.45) is 10.4 Å². The van der Waals surface area contributed by atoms with E-state index < -0.39 is 0 Å². The van der Waals surface area contributed by atoms with E-state index in [9.17, 15) is 0 Å². The Kier molecular flexibility index (Phi) is 4.31. The number of benzene rings is 1. The highest BCUT2D eigenvalue weighted by Gasteiger charge is 2.20. The van der Waals surface area contributed by atoms with E-state index in [0.29, 0.717) is 0 Å². The van der Waals surface area contributed by atoms with Gasteiger partial charge in [-0.3, -0.25) is 4.99 Å². The molecule has 1 heteroatoms. The zero-order chi connectivity index (χ0) is 12.0. The van der Waals surface area contributed by atoms with Crippen LogP contribution in [-0.2, 0) is 0 Å². The lowest BCUT2D eigenvalue weighted by Crippen LogP contribution is -2.21. The molecule has 0 aromatic heterocycles. The van der Waals surface area contributed by atoms with Crippen molar-refractivity contribution in [2.45, 2.75) is 27.2 Å². The molecule has 0 aliphatic rings. The fourth-order valence-electron chi connectivity index (χ4n) is 1.35. The molecule has 16 heavy (non-hydrogen) atoms. The van der Waals surface area contributed by atoms with Crippen LogP contribution in [0.2, 0.25) is 0 Å². The lowest BCUT2D eigenvalue weighted by Gasteiger charge is -2.20. The molecule has 84 valence electrons. The number of aliphatic imine (C=N–C) groups is 1. The van der Waals surface area contributed by atoms with Gasteiger partial charge in [0.05, 0.1) is 5.71 Å². The van der Waals surface area contributed by atoms with Crippen molar-refractivity contribution in [3.63, 3.8) is 0 Å². The van der Waals surface area contributed by atoms with Gasteiger partial charge in [0.15, 0.2) is 0 Å². The second kappa shape index (κ2) is 5.51. The molecular weight excluding hydrogens is 194 g/mol. The third kappa shape index (κ3) is 3.24. The summed E-state index contributed by atoms with van der Waals surface area (Å²) in [6.45, 7) is 6.51. The summed E-state index contributed by atoms with van der Waals surface area (Å²) in [6, 6.07) is 10.0. The van der Waals surface area contributed by atoms with Crippen molar-refractivity contribution in [1.29, 1.82) is 0 Å². The van der Waals surface area contributed by atoms with Crippen LogP contribution in [-0.4, -0.2) is 12.8 Å². The topological polar surface area (TPSA) is 12.4 Å². The van der Waals surface area contributed by atoms with E-state index in [2.05, 4.69) is 37.6 Å². The monoisotopic (exact) mass is 213 g/mol. The Morgan fingerprint density at radius 3 is 2.38 bits per heavy atom. The molecule has 0 aliphatic heterocycles. The number of nitrogens with zero attached hydrogens (tertiary/aromatic N) is 1. The van der Waals surface area contributed by atoms with Crippen molar-refractivity contribution >= 4 is 5.71 Å². The summed E-state index contributed by atoms with van der Waals surface area (Å²) in [5.41, 5.74) is 2.07. The van der Waals surface area contributed by atoms with Crippen LogP contribution in [0.25, 0.3) is 0 Å². The van der Waals surface area contributed by atoms with Gasteiger partial charge in [-0.2, -0.15) is 0 Å². The van der Waals surface area contributed by atoms with Gasteiger partial charge in [0.1, 0.15) is 0 Å². The molecule has 1 rings (SSSR count). The zero-order valence-electron chi connectivity index (χ0n) is 10.5. The van der Waals surface area contributed by atoms with E-state index >= 15 is 0 Å². The maximum absolute atomic E-state index is 4.29. The van der Waals surface area contributed by atoms with Gasteiger partial charge < -0.3 is 0 Å². The summed E-state index contributed by atoms with van der Waals surface area (Å²) >= 11 is 0. The molecule has 0 aliphatic carbocycles. The van der Waals surface area contributed by atoms with E-state index in [0.717, 1.165) is 17.7 Å². The molecule has 0 saturated heterocycles. The summed E-state index contributed by atoms with van der Waals surface area (Å²) in [5, 5.41) is 0.